The first kappa shape index (κ1) is 13.0. The van der Waals surface area contributed by atoms with Crippen molar-refractivity contribution in [2.24, 2.45) is 0 Å². The van der Waals surface area contributed by atoms with Crippen molar-refractivity contribution in [3.05, 3.63) is 0 Å². The number of halogens is 3. The maximum absolute atomic E-state index is 10.8. The largest absolute Gasteiger partial charge is 0.362 e. The number of methoxy groups -OCH3 is 1. The van der Waals surface area contributed by atoms with Crippen LogP contribution in [0.5, 0.6) is 0 Å². The van der Waals surface area contributed by atoms with Crippen LogP contribution in [0.25, 0.3) is 0 Å². The van der Waals surface area contributed by atoms with Gasteiger partial charge in [-0.2, -0.15) is 0 Å². The highest BCUT2D eigenvalue weighted by atomic mass is 35.6. The summed E-state index contributed by atoms with van der Waals surface area (Å²) in [4.78, 5) is 17.6. The van der Waals surface area contributed by atoms with Gasteiger partial charge >= 0.3 is 7.60 Å². The van der Waals surface area contributed by atoms with Gasteiger partial charge in [0.1, 0.15) is 0 Å². The molecule has 0 rings (SSSR count). The summed E-state index contributed by atoms with van der Waals surface area (Å²) in [6, 6.07) is 0. The Bertz CT molecular complexity index is 209. The van der Waals surface area contributed by atoms with E-state index in [1.54, 1.807) is 0 Å². The van der Waals surface area contributed by atoms with E-state index in [0.29, 0.717) is 0 Å². The zero-order valence-electron chi connectivity index (χ0n) is 6.29. The summed E-state index contributed by atoms with van der Waals surface area (Å²) in [6.45, 7) is 1.03. The molecule has 0 radical (unpaired) electrons. The number of ether oxygens (including phenoxy) is 1. The molecule has 2 N–H and O–H groups in total. The fraction of sp³-hybridized carbons (Fsp3) is 1.00. The Labute approximate surface area is 84.9 Å². The Balaban J connectivity index is 5.10. The Morgan fingerprint density at radius 3 is 1.67 bits per heavy atom. The van der Waals surface area contributed by atoms with Crippen molar-refractivity contribution >= 4 is 42.4 Å². The highest BCUT2D eigenvalue weighted by Gasteiger charge is 2.57. The highest BCUT2D eigenvalue weighted by Crippen LogP contribution is 2.61. The molecule has 0 heterocycles. The fourth-order valence-corrected chi connectivity index (χ4v) is 2.19. The summed E-state index contributed by atoms with van der Waals surface area (Å²) in [7, 11) is -3.57. The second-order valence-corrected chi connectivity index (χ2v) is 6.45. The van der Waals surface area contributed by atoms with Crippen molar-refractivity contribution in [1.82, 2.24) is 0 Å². The second-order valence-electron chi connectivity index (χ2n) is 2.23. The van der Waals surface area contributed by atoms with Gasteiger partial charge in [0.05, 0.1) is 0 Å². The SMILES string of the molecule is COC(C)(C(Cl)(Cl)Cl)P(=O)(O)O. The molecule has 0 aliphatic rings. The number of hydrogen-bond donors (Lipinski definition) is 2. The molecule has 8 heteroatoms. The van der Waals surface area contributed by atoms with Gasteiger partial charge in [-0.15, -0.1) is 0 Å². The minimum absolute atomic E-state index is 1.03. The van der Waals surface area contributed by atoms with Gasteiger partial charge in [-0.25, -0.2) is 0 Å². The van der Waals surface area contributed by atoms with Crippen LogP contribution in [0.1, 0.15) is 6.92 Å². The van der Waals surface area contributed by atoms with Gasteiger partial charge in [0.25, 0.3) is 0 Å². The number of alkyl halides is 3. The summed E-state index contributed by atoms with van der Waals surface area (Å²) in [5, 5.41) is -2.12. The van der Waals surface area contributed by atoms with Gasteiger partial charge in [0.15, 0.2) is 0 Å². The second kappa shape index (κ2) is 3.62. The summed E-state index contributed by atoms with van der Waals surface area (Å²) in [6.07, 6.45) is 0. The van der Waals surface area contributed by atoms with Crippen molar-refractivity contribution in [2.45, 2.75) is 16.1 Å². The Morgan fingerprint density at radius 1 is 1.33 bits per heavy atom. The minimum Gasteiger partial charge on any atom is -0.362 e. The topological polar surface area (TPSA) is 66.8 Å². The lowest BCUT2D eigenvalue weighted by Gasteiger charge is -2.34. The van der Waals surface area contributed by atoms with E-state index in [1.807, 2.05) is 0 Å². The first-order valence-corrected chi connectivity index (χ1v) is 5.48. The molecule has 0 saturated heterocycles. The molecule has 1 atom stereocenters. The molecule has 0 aromatic carbocycles. The van der Waals surface area contributed by atoms with E-state index in [-0.39, 0.29) is 0 Å². The number of rotatable bonds is 2. The van der Waals surface area contributed by atoms with Crippen molar-refractivity contribution in [3.63, 3.8) is 0 Å². The normalized spacial score (nSPS) is 18.9. The maximum Gasteiger partial charge on any atom is 0.361 e. The maximum atomic E-state index is 10.8. The summed E-state index contributed by atoms with van der Waals surface area (Å²) in [5.74, 6) is 0. The quantitative estimate of drug-likeness (QED) is 0.586. The average molecular weight is 257 g/mol. The monoisotopic (exact) mass is 256 g/mol. The van der Waals surface area contributed by atoms with E-state index < -0.39 is 16.7 Å². The lowest BCUT2D eigenvalue weighted by atomic mass is 10.4. The third-order valence-corrected chi connectivity index (χ3v) is 4.59. The lowest BCUT2D eigenvalue weighted by Crippen LogP contribution is -2.41. The first-order valence-electron chi connectivity index (χ1n) is 2.74. The molecule has 1 unspecified atom stereocenters. The minimum atomic E-state index is -4.63. The molecule has 4 nitrogen and oxygen atoms in total. The highest BCUT2D eigenvalue weighted by molar-refractivity contribution is 7.54. The Morgan fingerprint density at radius 2 is 1.67 bits per heavy atom. The molecule has 0 saturated carbocycles. The van der Waals surface area contributed by atoms with Crippen molar-refractivity contribution in [1.29, 1.82) is 0 Å². The zero-order valence-corrected chi connectivity index (χ0v) is 9.45. The van der Waals surface area contributed by atoms with E-state index >= 15 is 0 Å². The predicted octanol–water partition coefficient (Wildman–Crippen LogP) is 1.90. The third-order valence-electron chi connectivity index (χ3n) is 1.48. The molecule has 0 fully saturated rings. The van der Waals surface area contributed by atoms with Gasteiger partial charge in [-0.1, -0.05) is 34.8 Å². The molecule has 0 aromatic heterocycles. The van der Waals surface area contributed by atoms with Crippen molar-refractivity contribution in [3.8, 4) is 0 Å². The first-order chi connectivity index (χ1) is 5.06. The van der Waals surface area contributed by atoms with Crippen LogP contribution in [0.4, 0.5) is 0 Å². The van der Waals surface area contributed by atoms with Crippen molar-refractivity contribution in [2.75, 3.05) is 7.11 Å². The standard InChI is InChI=1S/C4H8Cl3O4P/c1-3(11-2,4(5,6)7)12(8,9)10/h1-2H3,(H2,8,9,10). The molecule has 0 spiro atoms. The van der Waals surface area contributed by atoms with E-state index in [2.05, 4.69) is 4.74 Å². The summed E-state index contributed by atoms with van der Waals surface area (Å²) in [5.41, 5.74) is 0. The van der Waals surface area contributed by atoms with E-state index in [4.69, 9.17) is 44.6 Å². The molecule has 0 aliphatic heterocycles. The zero-order chi connectivity index (χ0) is 10.2. The van der Waals surface area contributed by atoms with Crippen LogP contribution in [0.15, 0.2) is 0 Å². The van der Waals surface area contributed by atoms with Gasteiger partial charge in [-0.3, -0.25) is 4.57 Å². The van der Waals surface area contributed by atoms with Gasteiger partial charge < -0.3 is 14.5 Å². The molecule has 12 heavy (non-hydrogen) atoms. The molecule has 0 aromatic rings. The van der Waals surface area contributed by atoms with Gasteiger partial charge in [0, 0.05) is 7.11 Å². The van der Waals surface area contributed by atoms with E-state index in [9.17, 15) is 4.57 Å². The number of hydrogen-bond acceptors (Lipinski definition) is 2. The fourth-order valence-electron chi connectivity index (χ4n) is 0.400. The Kier molecular flexibility index (Phi) is 3.91. The summed E-state index contributed by atoms with van der Waals surface area (Å²) < 4.78 is 13.2. The molecule has 0 aliphatic carbocycles. The molecule has 74 valence electrons. The summed E-state index contributed by atoms with van der Waals surface area (Å²) >= 11 is 16.0. The van der Waals surface area contributed by atoms with Crippen LogP contribution >= 0.6 is 42.4 Å². The molecule has 0 bridgehead atoms. The lowest BCUT2D eigenvalue weighted by molar-refractivity contribution is 0.0557. The van der Waals surface area contributed by atoms with Crippen LogP contribution in [-0.4, -0.2) is 26.0 Å². The van der Waals surface area contributed by atoms with Crippen molar-refractivity contribution < 1.29 is 19.1 Å². The van der Waals surface area contributed by atoms with Crippen LogP contribution in [0.2, 0.25) is 0 Å². The van der Waals surface area contributed by atoms with Crippen LogP contribution in [0.3, 0.4) is 0 Å². The van der Waals surface area contributed by atoms with Gasteiger partial charge in [0.2, 0.25) is 9.13 Å². The molecule has 0 amide bonds. The molecular formula is C4H8Cl3O4P. The van der Waals surface area contributed by atoms with Gasteiger partial charge in [-0.05, 0) is 6.92 Å². The predicted molar refractivity (Wildman–Crippen MR) is 47.7 cm³/mol. The van der Waals surface area contributed by atoms with Crippen LogP contribution in [0, 0.1) is 0 Å². The van der Waals surface area contributed by atoms with E-state index in [1.165, 1.54) is 0 Å². The Hall–Kier alpha value is 0.980. The molecular weight excluding hydrogens is 249 g/mol. The van der Waals surface area contributed by atoms with Crippen LogP contribution < -0.4 is 0 Å². The average Bonchev–Trinajstić information content (AvgIpc) is 1.81. The smallest absolute Gasteiger partial charge is 0.361 e. The third kappa shape index (κ3) is 2.26. The van der Waals surface area contributed by atoms with Crippen LogP contribution in [-0.2, 0) is 9.30 Å². The van der Waals surface area contributed by atoms with E-state index in [0.717, 1.165) is 14.0 Å².